The molecule has 2 rings (SSSR count). The van der Waals surface area contributed by atoms with Crippen LogP contribution in [0.2, 0.25) is 5.02 Å². The molecule has 1 saturated heterocycles. The summed E-state index contributed by atoms with van der Waals surface area (Å²) in [6.07, 6.45) is -4.48. The predicted molar refractivity (Wildman–Crippen MR) is 81.8 cm³/mol. The summed E-state index contributed by atoms with van der Waals surface area (Å²) in [5.74, 6) is 0. The molecule has 1 aromatic rings. The molecule has 4 nitrogen and oxygen atoms in total. The maximum absolute atomic E-state index is 12.7. The molecule has 2 N–H and O–H groups in total. The van der Waals surface area contributed by atoms with Gasteiger partial charge in [0.05, 0.1) is 16.3 Å². The van der Waals surface area contributed by atoms with E-state index in [1.807, 2.05) is 6.92 Å². The lowest BCUT2D eigenvalue weighted by atomic mass is 10.2. The van der Waals surface area contributed by atoms with E-state index in [2.05, 4.69) is 10.6 Å². The number of piperazine rings is 1. The first kappa shape index (κ1) is 18.9. The van der Waals surface area contributed by atoms with Crippen molar-refractivity contribution in [2.24, 2.45) is 0 Å². The van der Waals surface area contributed by atoms with Crippen LogP contribution in [0.1, 0.15) is 12.5 Å². The van der Waals surface area contributed by atoms with Gasteiger partial charge < -0.3 is 15.5 Å². The Labute approximate surface area is 137 Å². The van der Waals surface area contributed by atoms with Crippen LogP contribution in [-0.2, 0) is 6.18 Å². The number of amides is 2. The first-order chi connectivity index (χ1) is 9.77. The lowest BCUT2D eigenvalue weighted by Gasteiger charge is -2.32. The second-order valence-corrected chi connectivity index (χ2v) is 5.33. The number of urea groups is 1. The maximum Gasteiger partial charge on any atom is 0.416 e. The van der Waals surface area contributed by atoms with Crippen molar-refractivity contribution in [3.63, 3.8) is 0 Å². The molecule has 1 unspecified atom stereocenters. The van der Waals surface area contributed by atoms with Gasteiger partial charge in [-0.3, -0.25) is 0 Å². The van der Waals surface area contributed by atoms with E-state index in [4.69, 9.17) is 11.6 Å². The van der Waals surface area contributed by atoms with Crippen molar-refractivity contribution in [2.75, 3.05) is 25.0 Å². The Bertz CT molecular complexity index is 540. The fraction of sp³-hybridized carbons (Fsp3) is 0.462. The van der Waals surface area contributed by atoms with Gasteiger partial charge in [-0.2, -0.15) is 13.2 Å². The Morgan fingerprint density at radius 1 is 1.45 bits per heavy atom. The van der Waals surface area contributed by atoms with Gasteiger partial charge in [0.2, 0.25) is 0 Å². The van der Waals surface area contributed by atoms with Crippen molar-refractivity contribution >= 4 is 35.7 Å². The number of alkyl halides is 3. The normalized spacial score (nSPS) is 18.6. The zero-order valence-electron chi connectivity index (χ0n) is 11.7. The van der Waals surface area contributed by atoms with Crippen molar-refractivity contribution < 1.29 is 18.0 Å². The van der Waals surface area contributed by atoms with E-state index in [1.165, 1.54) is 4.90 Å². The van der Waals surface area contributed by atoms with Gasteiger partial charge in [-0.25, -0.2) is 4.79 Å². The summed E-state index contributed by atoms with van der Waals surface area (Å²) in [4.78, 5) is 13.6. The summed E-state index contributed by atoms with van der Waals surface area (Å²) in [5.41, 5.74) is -0.890. The van der Waals surface area contributed by atoms with E-state index in [1.54, 1.807) is 0 Å². The zero-order valence-corrected chi connectivity index (χ0v) is 13.3. The third kappa shape index (κ3) is 4.66. The molecule has 2 amide bonds. The van der Waals surface area contributed by atoms with E-state index < -0.39 is 17.8 Å². The fourth-order valence-corrected chi connectivity index (χ4v) is 2.27. The molecule has 0 aromatic heterocycles. The first-order valence-electron chi connectivity index (χ1n) is 6.43. The van der Waals surface area contributed by atoms with Crippen LogP contribution in [0.5, 0.6) is 0 Å². The minimum atomic E-state index is -4.48. The highest BCUT2D eigenvalue weighted by atomic mass is 35.5. The van der Waals surface area contributed by atoms with Crippen LogP contribution in [0, 0.1) is 0 Å². The highest BCUT2D eigenvalue weighted by Gasteiger charge is 2.31. The molecule has 22 heavy (non-hydrogen) atoms. The molecule has 124 valence electrons. The maximum atomic E-state index is 12.7. The summed E-state index contributed by atoms with van der Waals surface area (Å²) < 4.78 is 38.0. The molecule has 0 aliphatic carbocycles. The average Bonchev–Trinajstić information content (AvgIpc) is 2.40. The Hall–Kier alpha value is -1.18. The minimum absolute atomic E-state index is 0. The van der Waals surface area contributed by atoms with Crippen LogP contribution in [0.25, 0.3) is 0 Å². The molecule has 1 aromatic carbocycles. The zero-order chi connectivity index (χ0) is 15.6. The van der Waals surface area contributed by atoms with E-state index in [0.717, 1.165) is 18.2 Å². The summed E-state index contributed by atoms with van der Waals surface area (Å²) >= 11 is 5.85. The smallest absolute Gasteiger partial charge is 0.322 e. The quantitative estimate of drug-likeness (QED) is 0.806. The van der Waals surface area contributed by atoms with Gasteiger partial charge in [0.25, 0.3) is 0 Å². The fourth-order valence-electron chi connectivity index (χ4n) is 2.11. The number of nitrogens with zero attached hydrogens (tertiary/aromatic N) is 1. The van der Waals surface area contributed by atoms with Gasteiger partial charge in [-0.1, -0.05) is 11.6 Å². The standard InChI is InChI=1S/C13H15ClF3N3O.ClH/c1-8-7-20(5-4-18-8)12(21)19-11-6-9(13(15,16)17)2-3-10(11)14;/h2-3,6,8,18H,4-5,7H2,1H3,(H,19,21);1H. The van der Waals surface area contributed by atoms with Gasteiger partial charge in [0.1, 0.15) is 0 Å². The van der Waals surface area contributed by atoms with Crippen molar-refractivity contribution in [2.45, 2.75) is 19.1 Å². The number of halogens is 5. The van der Waals surface area contributed by atoms with Gasteiger partial charge in [0, 0.05) is 25.7 Å². The number of hydrogen-bond acceptors (Lipinski definition) is 2. The van der Waals surface area contributed by atoms with Crippen LogP contribution >= 0.6 is 24.0 Å². The second-order valence-electron chi connectivity index (χ2n) is 4.92. The SMILES string of the molecule is CC1CN(C(=O)Nc2cc(C(F)(F)F)ccc2Cl)CCN1.Cl. The summed E-state index contributed by atoms with van der Waals surface area (Å²) in [7, 11) is 0. The van der Waals surface area contributed by atoms with Crippen LogP contribution in [-0.4, -0.2) is 36.6 Å². The van der Waals surface area contributed by atoms with E-state index in [0.29, 0.717) is 19.6 Å². The molecule has 1 aliphatic heterocycles. The number of nitrogens with one attached hydrogen (secondary N) is 2. The number of hydrogen-bond donors (Lipinski definition) is 2. The molecule has 1 atom stereocenters. The predicted octanol–water partition coefficient (Wildman–Crippen LogP) is 3.61. The highest BCUT2D eigenvalue weighted by molar-refractivity contribution is 6.33. The molecule has 1 heterocycles. The van der Waals surface area contributed by atoms with Crippen molar-refractivity contribution in [3.8, 4) is 0 Å². The molecular weight excluding hydrogens is 342 g/mol. The topological polar surface area (TPSA) is 44.4 Å². The molecule has 0 radical (unpaired) electrons. The molecule has 0 saturated carbocycles. The lowest BCUT2D eigenvalue weighted by molar-refractivity contribution is -0.137. The summed E-state index contributed by atoms with van der Waals surface area (Å²) in [6.45, 7) is 3.55. The third-order valence-electron chi connectivity index (χ3n) is 3.19. The molecular formula is C13H16Cl2F3N3O. The van der Waals surface area contributed by atoms with Gasteiger partial charge in [-0.15, -0.1) is 12.4 Å². The first-order valence-corrected chi connectivity index (χ1v) is 6.81. The number of anilines is 1. The van der Waals surface area contributed by atoms with Crippen LogP contribution in [0.15, 0.2) is 18.2 Å². The van der Waals surface area contributed by atoms with Crippen molar-refractivity contribution in [1.82, 2.24) is 10.2 Å². The highest BCUT2D eigenvalue weighted by Crippen LogP contribution is 2.33. The van der Waals surface area contributed by atoms with E-state index in [9.17, 15) is 18.0 Å². The Morgan fingerprint density at radius 2 is 2.14 bits per heavy atom. The third-order valence-corrected chi connectivity index (χ3v) is 3.52. The average molecular weight is 358 g/mol. The number of carbonyl (C=O) groups excluding carboxylic acids is 1. The number of benzene rings is 1. The van der Waals surface area contributed by atoms with Crippen molar-refractivity contribution in [1.29, 1.82) is 0 Å². The summed E-state index contributed by atoms with van der Waals surface area (Å²) in [6, 6.07) is 2.53. The lowest BCUT2D eigenvalue weighted by Crippen LogP contribution is -2.52. The molecule has 1 aliphatic rings. The Kier molecular flexibility index (Phi) is 6.34. The van der Waals surface area contributed by atoms with Gasteiger partial charge in [0.15, 0.2) is 0 Å². The van der Waals surface area contributed by atoms with Crippen LogP contribution in [0.4, 0.5) is 23.7 Å². The number of carbonyl (C=O) groups is 1. The molecule has 9 heteroatoms. The molecule has 0 bridgehead atoms. The minimum Gasteiger partial charge on any atom is -0.322 e. The monoisotopic (exact) mass is 357 g/mol. The summed E-state index contributed by atoms with van der Waals surface area (Å²) in [5, 5.41) is 5.68. The largest absolute Gasteiger partial charge is 0.416 e. The molecule has 1 fully saturated rings. The van der Waals surface area contributed by atoms with E-state index in [-0.39, 0.29) is 29.2 Å². The van der Waals surface area contributed by atoms with Gasteiger partial charge >= 0.3 is 12.2 Å². The Balaban J connectivity index is 0.00000242. The van der Waals surface area contributed by atoms with E-state index >= 15 is 0 Å². The van der Waals surface area contributed by atoms with Crippen molar-refractivity contribution in [3.05, 3.63) is 28.8 Å². The van der Waals surface area contributed by atoms with Gasteiger partial charge in [-0.05, 0) is 25.1 Å². The molecule has 0 spiro atoms. The second kappa shape index (κ2) is 7.39. The number of rotatable bonds is 1. The van der Waals surface area contributed by atoms with Crippen LogP contribution in [0.3, 0.4) is 0 Å². The van der Waals surface area contributed by atoms with Crippen LogP contribution < -0.4 is 10.6 Å². The Morgan fingerprint density at radius 3 is 2.73 bits per heavy atom.